The van der Waals surface area contributed by atoms with Crippen molar-refractivity contribution in [3.05, 3.63) is 0 Å². The van der Waals surface area contributed by atoms with Crippen molar-refractivity contribution in [3.8, 4) is 0 Å². The van der Waals surface area contributed by atoms with E-state index in [4.69, 9.17) is 20.4 Å². The Kier molecular flexibility index (Phi) is 4.44. The summed E-state index contributed by atoms with van der Waals surface area (Å²) in [6.07, 6.45) is -8.32. The van der Waals surface area contributed by atoms with Gasteiger partial charge >= 0.3 is 0 Å². The second kappa shape index (κ2) is 4.86. The van der Waals surface area contributed by atoms with Crippen molar-refractivity contribution in [2.24, 2.45) is 11.5 Å². The molecule has 0 saturated heterocycles. The summed E-state index contributed by atoms with van der Waals surface area (Å²) in [5, 5.41) is 35.7. The van der Waals surface area contributed by atoms with Crippen LogP contribution in [0.5, 0.6) is 0 Å². The third-order valence-electron chi connectivity index (χ3n) is 1.58. The van der Waals surface area contributed by atoms with Crippen LogP contribution in [0.15, 0.2) is 0 Å². The van der Waals surface area contributed by atoms with Gasteiger partial charge in [-0.3, -0.25) is 9.59 Å². The Balaban J connectivity index is 4.45. The van der Waals surface area contributed by atoms with E-state index in [1.165, 1.54) is 0 Å². The van der Waals surface area contributed by atoms with Crippen LogP contribution in [0.4, 0.5) is 0 Å². The fourth-order valence-electron chi connectivity index (χ4n) is 0.710. The van der Waals surface area contributed by atoms with E-state index in [9.17, 15) is 9.59 Å². The molecule has 0 spiro atoms. The fourth-order valence-corrected chi connectivity index (χ4v) is 0.710. The molecule has 8 N–H and O–H groups in total. The standard InChI is InChI=1S/C6H12N2O6/c7-5(13)3(11)1(9)2(10)4(12)6(8)14/h1-4,9-12H,(H2,7,13)(H2,8,14)/t1-,2-,3+,4+/m1/s1. The smallest absolute Gasteiger partial charge is 0.249 e. The number of hydrogen-bond acceptors (Lipinski definition) is 6. The lowest BCUT2D eigenvalue weighted by atomic mass is 10.0. The lowest BCUT2D eigenvalue weighted by molar-refractivity contribution is -0.152. The molecule has 0 aliphatic carbocycles. The molecule has 0 heterocycles. The second-order valence-corrected chi connectivity index (χ2v) is 2.68. The molecular formula is C6H12N2O6. The van der Waals surface area contributed by atoms with Crippen molar-refractivity contribution in [3.63, 3.8) is 0 Å². The SMILES string of the molecule is NC(=O)[C@@H](O)[C@H](O)[C@@H](O)[C@H](O)C(N)=O. The summed E-state index contributed by atoms with van der Waals surface area (Å²) in [5.41, 5.74) is 9.19. The quantitative estimate of drug-likeness (QED) is 0.266. The van der Waals surface area contributed by atoms with Crippen LogP contribution in [-0.2, 0) is 9.59 Å². The summed E-state index contributed by atoms with van der Waals surface area (Å²) in [6.45, 7) is 0. The predicted octanol–water partition coefficient (Wildman–Crippen LogP) is -4.60. The molecule has 0 unspecified atom stereocenters. The molecule has 0 aliphatic heterocycles. The third-order valence-corrected chi connectivity index (χ3v) is 1.58. The number of carbonyl (C=O) groups is 2. The molecule has 0 radical (unpaired) electrons. The van der Waals surface area contributed by atoms with Gasteiger partial charge < -0.3 is 31.9 Å². The van der Waals surface area contributed by atoms with Gasteiger partial charge in [0, 0.05) is 0 Å². The first-order valence-electron chi connectivity index (χ1n) is 3.60. The molecule has 0 saturated carbocycles. The van der Waals surface area contributed by atoms with E-state index in [1.54, 1.807) is 0 Å². The summed E-state index contributed by atoms with van der Waals surface area (Å²) in [5.74, 6) is -2.60. The molecule has 0 aliphatic rings. The Labute approximate surface area is 78.7 Å². The zero-order valence-corrected chi connectivity index (χ0v) is 7.07. The maximum Gasteiger partial charge on any atom is 0.249 e. The largest absolute Gasteiger partial charge is 0.387 e. The van der Waals surface area contributed by atoms with Crippen LogP contribution < -0.4 is 11.5 Å². The van der Waals surface area contributed by atoms with Crippen LogP contribution in [0, 0.1) is 0 Å². The maximum atomic E-state index is 10.3. The van der Waals surface area contributed by atoms with Crippen LogP contribution >= 0.6 is 0 Å². The lowest BCUT2D eigenvalue weighted by Crippen LogP contribution is -2.52. The average Bonchev–Trinajstić information content (AvgIpc) is 2.12. The summed E-state index contributed by atoms with van der Waals surface area (Å²) < 4.78 is 0. The van der Waals surface area contributed by atoms with E-state index in [1.807, 2.05) is 0 Å². The number of nitrogens with two attached hydrogens (primary N) is 2. The van der Waals surface area contributed by atoms with Gasteiger partial charge in [-0.05, 0) is 0 Å². The minimum atomic E-state index is -2.08. The normalized spacial score (nSPS) is 19.4. The molecule has 4 atom stereocenters. The third kappa shape index (κ3) is 2.92. The first-order valence-corrected chi connectivity index (χ1v) is 3.60. The number of aliphatic hydroxyl groups is 4. The van der Waals surface area contributed by atoms with E-state index in [0.717, 1.165) is 0 Å². The van der Waals surface area contributed by atoms with E-state index in [0.29, 0.717) is 0 Å². The van der Waals surface area contributed by atoms with Crippen LogP contribution in [0.2, 0.25) is 0 Å². The zero-order chi connectivity index (χ0) is 11.5. The Hall–Kier alpha value is -1.22. The van der Waals surface area contributed by atoms with Crippen molar-refractivity contribution < 1.29 is 30.0 Å². The molecule has 0 fully saturated rings. The number of hydrogen-bond donors (Lipinski definition) is 6. The molecular weight excluding hydrogens is 196 g/mol. The van der Waals surface area contributed by atoms with Crippen molar-refractivity contribution in [2.45, 2.75) is 24.4 Å². The van der Waals surface area contributed by atoms with E-state index >= 15 is 0 Å². The monoisotopic (exact) mass is 208 g/mol. The van der Waals surface area contributed by atoms with E-state index in [2.05, 4.69) is 11.5 Å². The highest BCUT2D eigenvalue weighted by atomic mass is 16.4. The Morgan fingerprint density at radius 3 is 1.14 bits per heavy atom. The highest BCUT2D eigenvalue weighted by Crippen LogP contribution is 2.04. The van der Waals surface area contributed by atoms with Crippen LogP contribution in [0.3, 0.4) is 0 Å². The number of carbonyl (C=O) groups excluding carboxylic acids is 2. The first-order chi connectivity index (χ1) is 6.29. The summed E-state index contributed by atoms with van der Waals surface area (Å²) in [6, 6.07) is 0. The van der Waals surface area contributed by atoms with Gasteiger partial charge in [-0.25, -0.2) is 0 Å². The minimum absolute atomic E-state index is 1.30. The highest BCUT2D eigenvalue weighted by Gasteiger charge is 2.35. The number of amides is 2. The van der Waals surface area contributed by atoms with Gasteiger partial charge in [-0.15, -0.1) is 0 Å². The van der Waals surface area contributed by atoms with Gasteiger partial charge in [0.2, 0.25) is 11.8 Å². The molecule has 0 aromatic rings. The van der Waals surface area contributed by atoms with Crippen molar-refractivity contribution in [1.82, 2.24) is 0 Å². The second-order valence-electron chi connectivity index (χ2n) is 2.68. The van der Waals surface area contributed by atoms with Gasteiger partial charge in [0.25, 0.3) is 0 Å². The van der Waals surface area contributed by atoms with Crippen molar-refractivity contribution >= 4 is 11.8 Å². The molecule has 8 heteroatoms. The highest BCUT2D eigenvalue weighted by molar-refractivity contribution is 5.81. The average molecular weight is 208 g/mol. The number of rotatable bonds is 5. The molecule has 0 rings (SSSR count). The molecule has 14 heavy (non-hydrogen) atoms. The minimum Gasteiger partial charge on any atom is -0.387 e. The Morgan fingerprint density at radius 1 is 0.786 bits per heavy atom. The molecule has 0 aromatic heterocycles. The van der Waals surface area contributed by atoms with Gasteiger partial charge in [-0.1, -0.05) is 0 Å². The maximum absolute atomic E-state index is 10.3. The molecule has 0 bridgehead atoms. The van der Waals surface area contributed by atoms with Gasteiger partial charge in [0.15, 0.2) is 12.2 Å². The van der Waals surface area contributed by atoms with Crippen molar-refractivity contribution in [2.75, 3.05) is 0 Å². The first kappa shape index (κ1) is 12.8. The Bertz CT molecular complexity index is 208. The number of aliphatic hydroxyl groups excluding tert-OH is 4. The van der Waals surface area contributed by atoms with Crippen molar-refractivity contribution in [1.29, 1.82) is 0 Å². The molecule has 2 amide bonds. The van der Waals surface area contributed by atoms with Gasteiger partial charge in [0.05, 0.1) is 0 Å². The Morgan fingerprint density at radius 2 is 1.00 bits per heavy atom. The van der Waals surface area contributed by atoms with E-state index < -0.39 is 36.2 Å². The fraction of sp³-hybridized carbons (Fsp3) is 0.667. The molecule has 0 aromatic carbocycles. The predicted molar refractivity (Wildman–Crippen MR) is 42.4 cm³/mol. The molecule has 8 nitrogen and oxygen atoms in total. The molecule has 82 valence electrons. The van der Waals surface area contributed by atoms with Crippen LogP contribution in [0.25, 0.3) is 0 Å². The van der Waals surface area contributed by atoms with Crippen LogP contribution in [-0.4, -0.2) is 56.7 Å². The topological polar surface area (TPSA) is 167 Å². The lowest BCUT2D eigenvalue weighted by Gasteiger charge is -2.22. The summed E-state index contributed by atoms with van der Waals surface area (Å²) >= 11 is 0. The van der Waals surface area contributed by atoms with Gasteiger partial charge in [-0.2, -0.15) is 0 Å². The van der Waals surface area contributed by atoms with Crippen LogP contribution in [0.1, 0.15) is 0 Å². The zero-order valence-electron chi connectivity index (χ0n) is 7.07. The number of primary amides is 2. The summed E-state index contributed by atoms with van der Waals surface area (Å²) in [7, 11) is 0. The van der Waals surface area contributed by atoms with E-state index in [-0.39, 0.29) is 0 Å². The summed E-state index contributed by atoms with van der Waals surface area (Å²) in [4.78, 5) is 20.7. The van der Waals surface area contributed by atoms with Gasteiger partial charge in [0.1, 0.15) is 12.2 Å².